The average molecular weight is 217 g/mol. The van der Waals surface area contributed by atoms with E-state index in [0.717, 1.165) is 5.92 Å². The number of hydrogen-bond donors (Lipinski definition) is 1. The van der Waals surface area contributed by atoms with Gasteiger partial charge in [-0.1, -0.05) is 31.0 Å². The summed E-state index contributed by atoms with van der Waals surface area (Å²) in [7, 11) is 2.08. The second kappa shape index (κ2) is 5.01. The molecule has 0 aliphatic heterocycles. The first kappa shape index (κ1) is 11.7. The Morgan fingerprint density at radius 3 is 2.69 bits per heavy atom. The van der Waals surface area contributed by atoms with Gasteiger partial charge in [0.15, 0.2) is 0 Å². The van der Waals surface area contributed by atoms with Crippen molar-refractivity contribution in [2.75, 3.05) is 7.05 Å². The third-order valence-corrected chi connectivity index (χ3v) is 3.93. The Morgan fingerprint density at radius 2 is 2.06 bits per heavy atom. The van der Waals surface area contributed by atoms with Crippen molar-refractivity contribution >= 4 is 0 Å². The van der Waals surface area contributed by atoms with Crippen LogP contribution in [-0.4, -0.2) is 7.05 Å². The van der Waals surface area contributed by atoms with Gasteiger partial charge in [0, 0.05) is 6.04 Å². The molecule has 1 aromatic carbocycles. The molecule has 16 heavy (non-hydrogen) atoms. The summed E-state index contributed by atoms with van der Waals surface area (Å²) in [6.45, 7) is 4.44. The zero-order valence-electron chi connectivity index (χ0n) is 10.7. The van der Waals surface area contributed by atoms with Gasteiger partial charge in [0.25, 0.3) is 0 Å². The van der Waals surface area contributed by atoms with Crippen LogP contribution in [0.3, 0.4) is 0 Å². The van der Waals surface area contributed by atoms with Gasteiger partial charge in [-0.15, -0.1) is 0 Å². The number of aryl methyl sites for hydroxylation is 1. The van der Waals surface area contributed by atoms with E-state index in [0.29, 0.717) is 6.04 Å². The molecule has 1 heteroatoms. The molecule has 0 spiro atoms. The lowest BCUT2D eigenvalue weighted by Gasteiger charge is -2.20. The Bertz CT molecular complexity index is 352. The highest BCUT2D eigenvalue weighted by molar-refractivity contribution is 5.35. The summed E-state index contributed by atoms with van der Waals surface area (Å²) in [5.74, 6) is 1.03. The van der Waals surface area contributed by atoms with Crippen molar-refractivity contribution < 1.29 is 0 Å². The zero-order chi connectivity index (χ0) is 11.5. The molecule has 88 valence electrons. The summed E-state index contributed by atoms with van der Waals surface area (Å²) in [5, 5.41) is 3.47. The van der Waals surface area contributed by atoms with Gasteiger partial charge in [-0.05, 0) is 56.3 Å². The summed E-state index contributed by atoms with van der Waals surface area (Å²) in [6, 6.07) is 7.20. The number of nitrogens with one attached hydrogen (secondary N) is 1. The van der Waals surface area contributed by atoms with Gasteiger partial charge in [0.2, 0.25) is 0 Å². The predicted octanol–water partition coefficient (Wildman–Crippen LogP) is 3.75. The van der Waals surface area contributed by atoms with Crippen molar-refractivity contribution in [2.45, 2.75) is 45.6 Å². The molecule has 0 heterocycles. The molecule has 0 bridgehead atoms. The highest BCUT2D eigenvalue weighted by Gasteiger charge is 2.23. The van der Waals surface area contributed by atoms with Crippen LogP contribution in [0.4, 0.5) is 0 Å². The zero-order valence-corrected chi connectivity index (χ0v) is 10.7. The van der Waals surface area contributed by atoms with Crippen LogP contribution in [0.1, 0.15) is 48.4 Å². The molecule has 1 N–H and O–H groups in total. The molecule has 1 aromatic rings. The van der Waals surface area contributed by atoms with Gasteiger partial charge >= 0.3 is 0 Å². The highest BCUT2D eigenvalue weighted by atomic mass is 14.9. The summed E-state index contributed by atoms with van der Waals surface area (Å²) in [4.78, 5) is 0. The molecule has 1 atom stereocenters. The molecule has 1 aliphatic carbocycles. The van der Waals surface area contributed by atoms with Crippen LogP contribution in [0.25, 0.3) is 0 Å². The molecule has 1 unspecified atom stereocenters. The van der Waals surface area contributed by atoms with Crippen LogP contribution >= 0.6 is 0 Å². The summed E-state index contributed by atoms with van der Waals surface area (Å²) in [6.07, 6.45) is 5.59. The molecule has 0 radical (unpaired) electrons. The fraction of sp³-hybridized carbons (Fsp3) is 0.600. The van der Waals surface area contributed by atoms with Crippen molar-refractivity contribution in [2.24, 2.45) is 5.92 Å². The Kier molecular flexibility index (Phi) is 3.65. The molecule has 0 saturated heterocycles. The summed E-state index contributed by atoms with van der Waals surface area (Å²) >= 11 is 0. The molecular formula is C15H23N. The topological polar surface area (TPSA) is 12.0 Å². The van der Waals surface area contributed by atoms with Gasteiger partial charge in [-0.3, -0.25) is 0 Å². The smallest absolute Gasteiger partial charge is 0.0320 e. The first-order valence-electron chi connectivity index (χ1n) is 6.45. The van der Waals surface area contributed by atoms with E-state index in [-0.39, 0.29) is 0 Å². The normalized spacial score (nSPS) is 17.4. The first-order valence-corrected chi connectivity index (χ1v) is 6.45. The van der Waals surface area contributed by atoms with Crippen LogP contribution in [0, 0.1) is 19.8 Å². The standard InChI is InChI=1S/C15H23N/c1-11-5-4-6-14(12(11)2)15(16-3)10-9-13-7-8-13/h4-6,13,15-16H,7-10H2,1-3H3. The summed E-state index contributed by atoms with van der Waals surface area (Å²) in [5.41, 5.74) is 4.35. The molecule has 1 saturated carbocycles. The number of benzene rings is 1. The van der Waals surface area contributed by atoms with Crippen molar-refractivity contribution in [3.05, 3.63) is 34.9 Å². The fourth-order valence-electron chi connectivity index (χ4n) is 2.42. The van der Waals surface area contributed by atoms with Gasteiger partial charge < -0.3 is 5.32 Å². The molecule has 1 fully saturated rings. The first-order chi connectivity index (χ1) is 7.72. The minimum atomic E-state index is 0.542. The Labute approximate surface area is 99.3 Å². The van der Waals surface area contributed by atoms with Crippen LogP contribution in [-0.2, 0) is 0 Å². The van der Waals surface area contributed by atoms with Crippen LogP contribution in [0.2, 0.25) is 0 Å². The average Bonchev–Trinajstić information content (AvgIpc) is 3.08. The van der Waals surface area contributed by atoms with Gasteiger partial charge in [-0.2, -0.15) is 0 Å². The Balaban J connectivity index is 2.08. The monoisotopic (exact) mass is 217 g/mol. The Morgan fingerprint density at radius 1 is 1.31 bits per heavy atom. The molecule has 1 aliphatic rings. The van der Waals surface area contributed by atoms with E-state index in [9.17, 15) is 0 Å². The van der Waals surface area contributed by atoms with Crippen LogP contribution in [0.15, 0.2) is 18.2 Å². The lowest BCUT2D eigenvalue weighted by atomic mass is 9.94. The van der Waals surface area contributed by atoms with E-state index in [2.05, 4.69) is 44.4 Å². The molecule has 2 rings (SSSR count). The number of hydrogen-bond acceptors (Lipinski definition) is 1. The van der Waals surface area contributed by atoms with Crippen LogP contribution in [0.5, 0.6) is 0 Å². The van der Waals surface area contributed by atoms with Crippen molar-refractivity contribution in [3.63, 3.8) is 0 Å². The second-order valence-electron chi connectivity index (χ2n) is 5.15. The van der Waals surface area contributed by atoms with Gasteiger partial charge in [-0.25, -0.2) is 0 Å². The maximum atomic E-state index is 3.47. The SMILES string of the molecule is CNC(CCC1CC1)c1cccc(C)c1C. The molecule has 1 nitrogen and oxygen atoms in total. The van der Waals surface area contributed by atoms with E-state index < -0.39 is 0 Å². The quantitative estimate of drug-likeness (QED) is 0.792. The highest BCUT2D eigenvalue weighted by Crippen LogP contribution is 2.36. The molecule has 0 amide bonds. The van der Waals surface area contributed by atoms with E-state index in [1.165, 1.54) is 42.4 Å². The van der Waals surface area contributed by atoms with E-state index in [1.807, 2.05) is 0 Å². The molecule has 0 aromatic heterocycles. The minimum Gasteiger partial charge on any atom is -0.313 e. The fourth-order valence-corrected chi connectivity index (χ4v) is 2.42. The maximum Gasteiger partial charge on any atom is 0.0320 e. The minimum absolute atomic E-state index is 0.542. The molecular weight excluding hydrogens is 194 g/mol. The second-order valence-corrected chi connectivity index (χ2v) is 5.15. The number of rotatable bonds is 5. The van der Waals surface area contributed by atoms with E-state index in [4.69, 9.17) is 0 Å². The van der Waals surface area contributed by atoms with Gasteiger partial charge in [0.1, 0.15) is 0 Å². The largest absolute Gasteiger partial charge is 0.313 e. The lowest BCUT2D eigenvalue weighted by Crippen LogP contribution is -2.17. The third-order valence-electron chi connectivity index (χ3n) is 3.93. The van der Waals surface area contributed by atoms with E-state index in [1.54, 1.807) is 0 Å². The van der Waals surface area contributed by atoms with Crippen molar-refractivity contribution in [1.82, 2.24) is 5.32 Å². The van der Waals surface area contributed by atoms with Gasteiger partial charge in [0.05, 0.1) is 0 Å². The van der Waals surface area contributed by atoms with Crippen molar-refractivity contribution in [1.29, 1.82) is 0 Å². The van der Waals surface area contributed by atoms with Crippen LogP contribution < -0.4 is 5.32 Å². The predicted molar refractivity (Wildman–Crippen MR) is 69.7 cm³/mol. The van der Waals surface area contributed by atoms with E-state index >= 15 is 0 Å². The third kappa shape index (κ3) is 2.65. The Hall–Kier alpha value is -0.820. The summed E-state index contributed by atoms with van der Waals surface area (Å²) < 4.78 is 0. The van der Waals surface area contributed by atoms with Crippen molar-refractivity contribution in [3.8, 4) is 0 Å². The maximum absolute atomic E-state index is 3.47. The lowest BCUT2D eigenvalue weighted by molar-refractivity contribution is 0.504.